The number of fused-ring (bicyclic) bond motifs is 1. The zero-order valence-electron chi connectivity index (χ0n) is 16.4. The molecule has 0 unspecified atom stereocenters. The van der Waals surface area contributed by atoms with Crippen LogP contribution in [0.1, 0.15) is 28.8 Å². The second kappa shape index (κ2) is 8.13. The first-order valence-corrected chi connectivity index (χ1v) is 10.5. The van der Waals surface area contributed by atoms with Crippen molar-refractivity contribution in [3.63, 3.8) is 0 Å². The highest BCUT2D eigenvalue weighted by Crippen LogP contribution is 2.40. The predicted molar refractivity (Wildman–Crippen MR) is 103 cm³/mol. The average Bonchev–Trinajstić information content (AvgIpc) is 3.35. The third-order valence-corrected chi connectivity index (χ3v) is 6.15. The lowest BCUT2D eigenvalue weighted by Crippen LogP contribution is -2.32. The van der Waals surface area contributed by atoms with Crippen molar-refractivity contribution < 1.29 is 36.6 Å². The second-order valence-corrected chi connectivity index (χ2v) is 8.39. The molecule has 1 saturated heterocycles. The van der Waals surface area contributed by atoms with Crippen molar-refractivity contribution in [3.05, 3.63) is 22.6 Å². The van der Waals surface area contributed by atoms with E-state index in [4.69, 9.17) is 9.47 Å². The van der Waals surface area contributed by atoms with E-state index in [1.807, 2.05) is 0 Å². The second-order valence-electron chi connectivity index (χ2n) is 7.51. The summed E-state index contributed by atoms with van der Waals surface area (Å²) in [7, 11) is 1.35. The van der Waals surface area contributed by atoms with Gasteiger partial charge in [-0.1, -0.05) is 0 Å². The number of carbonyl (C=O) groups is 2. The maximum absolute atomic E-state index is 14.5. The number of halogens is 4. The molecule has 1 aliphatic heterocycles. The average molecular weight is 461 g/mol. The Hall–Kier alpha value is -2.63. The van der Waals surface area contributed by atoms with Gasteiger partial charge in [0.15, 0.2) is 12.3 Å². The molecular formula is C19H19F4N3O4S. The molecule has 2 aromatic heterocycles. The van der Waals surface area contributed by atoms with Crippen molar-refractivity contribution in [2.24, 2.45) is 5.92 Å². The lowest BCUT2D eigenvalue weighted by molar-refractivity contribution is -0.136. The van der Waals surface area contributed by atoms with Gasteiger partial charge in [0.05, 0.1) is 41.0 Å². The number of pyridine rings is 1. The Morgan fingerprint density at radius 2 is 2.06 bits per heavy atom. The van der Waals surface area contributed by atoms with E-state index in [0.29, 0.717) is 12.0 Å². The molecule has 0 bridgehead atoms. The molecule has 1 aliphatic carbocycles. The first-order chi connectivity index (χ1) is 14.7. The number of ether oxygens (including phenoxy) is 2. The number of carbonyl (C=O) groups excluding carboxylic acids is 2. The van der Waals surface area contributed by atoms with Crippen LogP contribution in [0, 0.1) is 5.92 Å². The van der Waals surface area contributed by atoms with Gasteiger partial charge in [0.2, 0.25) is 5.88 Å². The standard InChI is InChI=1S/C19H19F4N3O4S/c1-24-17(27)10-8-31-16-11(19(21,22)23)4-14(25-15(10)16)30-13-6-26(5-12(13)20)18(28)29-7-9-2-3-9/h4,8-9,12-13H,2-3,5-7H2,1H3,(H,24,27)/t12-,13+/m1/s1. The summed E-state index contributed by atoms with van der Waals surface area (Å²) in [5.41, 5.74) is -1.24. The van der Waals surface area contributed by atoms with Gasteiger partial charge in [0.25, 0.3) is 5.91 Å². The van der Waals surface area contributed by atoms with Crippen LogP contribution in [0.2, 0.25) is 0 Å². The zero-order chi connectivity index (χ0) is 22.3. The van der Waals surface area contributed by atoms with Gasteiger partial charge < -0.3 is 19.7 Å². The van der Waals surface area contributed by atoms with Crippen molar-refractivity contribution in [1.82, 2.24) is 15.2 Å². The van der Waals surface area contributed by atoms with E-state index < -0.39 is 41.9 Å². The Kier molecular flexibility index (Phi) is 5.67. The van der Waals surface area contributed by atoms with Crippen LogP contribution in [0.15, 0.2) is 11.4 Å². The summed E-state index contributed by atoms with van der Waals surface area (Å²) in [6.45, 7) is -0.201. The molecule has 12 heteroatoms. The smallest absolute Gasteiger partial charge is 0.418 e. The molecule has 2 aromatic rings. The molecule has 0 radical (unpaired) electrons. The lowest BCUT2D eigenvalue weighted by atomic mass is 10.2. The zero-order valence-corrected chi connectivity index (χ0v) is 17.2. The minimum Gasteiger partial charge on any atom is -0.469 e. The summed E-state index contributed by atoms with van der Waals surface area (Å²) in [5.74, 6) is -0.723. The summed E-state index contributed by atoms with van der Waals surface area (Å²) in [5, 5.41) is 3.63. The topological polar surface area (TPSA) is 80.8 Å². The van der Waals surface area contributed by atoms with E-state index >= 15 is 0 Å². The maximum Gasteiger partial charge on any atom is 0.418 e. The van der Waals surface area contributed by atoms with E-state index in [-0.39, 0.29) is 35.5 Å². The quantitative estimate of drug-likeness (QED) is 0.688. The number of rotatable bonds is 5. The Morgan fingerprint density at radius 1 is 1.32 bits per heavy atom. The first kappa shape index (κ1) is 21.6. The van der Waals surface area contributed by atoms with Crippen molar-refractivity contribution in [3.8, 4) is 5.88 Å². The molecule has 4 rings (SSSR count). The maximum atomic E-state index is 14.5. The Balaban J connectivity index is 1.57. The van der Waals surface area contributed by atoms with Gasteiger partial charge in [0.1, 0.15) is 0 Å². The molecule has 3 heterocycles. The highest BCUT2D eigenvalue weighted by Gasteiger charge is 2.40. The van der Waals surface area contributed by atoms with Crippen LogP contribution in [-0.4, -0.2) is 60.9 Å². The summed E-state index contributed by atoms with van der Waals surface area (Å²) in [4.78, 5) is 29.2. The molecule has 2 atom stereocenters. The molecule has 2 fully saturated rings. The monoisotopic (exact) mass is 461 g/mol. The number of nitrogens with zero attached hydrogens (tertiary/aromatic N) is 2. The number of thiophene rings is 1. The van der Waals surface area contributed by atoms with Crippen molar-refractivity contribution in [1.29, 1.82) is 0 Å². The van der Waals surface area contributed by atoms with Crippen LogP contribution >= 0.6 is 11.3 Å². The van der Waals surface area contributed by atoms with Crippen LogP contribution < -0.4 is 10.1 Å². The SMILES string of the molecule is CNC(=O)c1csc2c(C(F)(F)F)cc(O[C@H]3CN(C(=O)OCC4CC4)C[C@H]3F)nc12. The minimum atomic E-state index is -4.73. The van der Waals surface area contributed by atoms with Gasteiger partial charge in [-0.15, -0.1) is 11.3 Å². The molecular weight excluding hydrogens is 442 g/mol. The highest BCUT2D eigenvalue weighted by atomic mass is 32.1. The summed E-state index contributed by atoms with van der Waals surface area (Å²) in [6, 6.07) is 0.688. The van der Waals surface area contributed by atoms with Crippen LogP contribution in [0.4, 0.5) is 22.4 Å². The highest BCUT2D eigenvalue weighted by molar-refractivity contribution is 7.17. The van der Waals surface area contributed by atoms with Crippen LogP contribution in [0.25, 0.3) is 10.2 Å². The van der Waals surface area contributed by atoms with E-state index in [1.165, 1.54) is 12.4 Å². The van der Waals surface area contributed by atoms with Gasteiger partial charge in [-0.05, 0) is 18.8 Å². The van der Waals surface area contributed by atoms with E-state index in [9.17, 15) is 27.2 Å². The molecule has 1 saturated carbocycles. The molecule has 168 valence electrons. The van der Waals surface area contributed by atoms with Crippen LogP contribution in [0.5, 0.6) is 5.88 Å². The predicted octanol–water partition coefficient (Wildman–Crippen LogP) is 3.62. The van der Waals surface area contributed by atoms with Gasteiger partial charge >= 0.3 is 12.3 Å². The largest absolute Gasteiger partial charge is 0.469 e. The third-order valence-electron chi connectivity index (χ3n) is 5.14. The fourth-order valence-electron chi connectivity index (χ4n) is 3.27. The van der Waals surface area contributed by atoms with Crippen molar-refractivity contribution >= 4 is 33.6 Å². The number of nitrogens with one attached hydrogen (secondary N) is 1. The number of aromatic nitrogens is 1. The number of amides is 2. The Bertz CT molecular complexity index is 1010. The summed E-state index contributed by atoms with van der Waals surface area (Å²) < 4.78 is 65.5. The first-order valence-electron chi connectivity index (χ1n) is 9.61. The summed E-state index contributed by atoms with van der Waals surface area (Å²) in [6.07, 6.45) is -6.27. The third kappa shape index (κ3) is 4.53. The Morgan fingerprint density at radius 3 is 2.71 bits per heavy atom. The molecule has 7 nitrogen and oxygen atoms in total. The van der Waals surface area contributed by atoms with Crippen LogP contribution in [-0.2, 0) is 10.9 Å². The van der Waals surface area contributed by atoms with Gasteiger partial charge in [-0.25, -0.2) is 14.2 Å². The minimum absolute atomic E-state index is 0.0352. The summed E-state index contributed by atoms with van der Waals surface area (Å²) >= 11 is 0.738. The molecule has 0 spiro atoms. The molecule has 0 aromatic carbocycles. The van der Waals surface area contributed by atoms with Gasteiger partial charge in [-0.2, -0.15) is 13.2 Å². The van der Waals surface area contributed by atoms with E-state index in [0.717, 1.165) is 29.1 Å². The molecule has 31 heavy (non-hydrogen) atoms. The molecule has 1 N–H and O–H groups in total. The van der Waals surface area contributed by atoms with Crippen LogP contribution in [0.3, 0.4) is 0 Å². The van der Waals surface area contributed by atoms with E-state index in [2.05, 4.69) is 10.3 Å². The molecule has 2 amide bonds. The number of likely N-dealkylation sites (tertiary alicyclic amines) is 1. The lowest BCUT2D eigenvalue weighted by Gasteiger charge is -2.17. The van der Waals surface area contributed by atoms with Crippen molar-refractivity contribution in [2.45, 2.75) is 31.3 Å². The number of hydrogen-bond donors (Lipinski definition) is 1. The Labute approximate surface area is 178 Å². The fourth-order valence-corrected chi connectivity index (χ4v) is 4.29. The normalized spacial score (nSPS) is 21.4. The van der Waals surface area contributed by atoms with Gasteiger partial charge in [-0.3, -0.25) is 4.79 Å². The van der Waals surface area contributed by atoms with E-state index in [1.54, 1.807) is 0 Å². The van der Waals surface area contributed by atoms with Gasteiger partial charge in [0, 0.05) is 18.5 Å². The number of hydrogen-bond acceptors (Lipinski definition) is 6. The number of alkyl halides is 4. The fraction of sp³-hybridized carbons (Fsp3) is 0.526. The van der Waals surface area contributed by atoms with Crippen molar-refractivity contribution in [2.75, 3.05) is 26.7 Å². The molecule has 2 aliphatic rings.